The first kappa shape index (κ1) is 13.2. The maximum atomic E-state index is 12.0. The minimum Gasteiger partial charge on any atom is -0.481 e. The van der Waals surface area contributed by atoms with Crippen LogP contribution in [-0.2, 0) is 4.79 Å². The average Bonchev–Trinajstić information content (AvgIpc) is 2.54. The van der Waals surface area contributed by atoms with E-state index in [4.69, 9.17) is 9.52 Å². The van der Waals surface area contributed by atoms with Gasteiger partial charge in [0.25, 0.3) is 5.91 Å². The maximum absolute atomic E-state index is 12.0. The summed E-state index contributed by atoms with van der Waals surface area (Å²) >= 11 is 0. The van der Waals surface area contributed by atoms with Gasteiger partial charge in [0.1, 0.15) is 0 Å². The van der Waals surface area contributed by atoms with Gasteiger partial charge >= 0.3 is 5.97 Å². The molecular formula is C11H16N2O4. The molecule has 0 spiro atoms. The fourth-order valence-corrected chi connectivity index (χ4v) is 1.48. The van der Waals surface area contributed by atoms with Gasteiger partial charge in [-0.2, -0.15) is 0 Å². The van der Waals surface area contributed by atoms with Gasteiger partial charge in [-0.15, -0.1) is 0 Å². The second-order valence-electron chi connectivity index (χ2n) is 4.01. The standard InChI is InChI=1S/C11H16N2O4/c1-6(5-9(14)15)13(4)11(16)10-7(2)12-8(3)17-10/h6H,5H2,1-4H3,(H,14,15). The van der Waals surface area contributed by atoms with Crippen LogP contribution < -0.4 is 0 Å². The highest BCUT2D eigenvalue weighted by atomic mass is 16.4. The number of aryl methyl sites for hydroxylation is 2. The Morgan fingerprint density at radius 2 is 2.06 bits per heavy atom. The minimum absolute atomic E-state index is 0.103. The van der Waals surface area contributed by atoms with E-state index in [1.54, 1.807) is 27.8 Å². The number of amides is 1. The van der Waals surface area contributed by atoms with E-state index in [9.17, 15) is 9.59 Å². The quantitative estimate of drug-likeness (QED) is 0.855. The summed E-state index contributed by atoms with van der Waals surface area (Å²) in [4.78, 5) is 27.9. The highest BCUT2D eigenvalue weighted by molar-refractivity contribution is 5.92. The molecule has 0 saturated heterocycles. The molecule has 0 saturated carbocycles. The summed E-state index contributed by atoms with van der Waals surface area (Å²) in [6, 6.07) is -0.398. The van der Waals surface area contributed by atoms with Gasteiger partial charge in [-0.25, -0.2) is 4.98 Å². The number of carbonyl (C=O) groups excluding carboxylic acids is 1. The smallest absolute Gasteiger partial charge is 0.305 e. The lowest BCUT2D eigenvalue weighted by Crippen LogP contribution is -2.36. The molecule has 6 nitrogen and oxygen atoms in total. The third-order valence-electron chi connectivity index (χ3n) is 2.55. The SMILES string of the molecule is Cc1nc(C)c(C(=O)N(C)C(C)CC(=O)O)o1. The number of oxazole rings is 1. The molecule has 0 aromatic carbocycles. The Hall–Kier alpha value is -1.85. The molecule has 1 unspecified atom stereocenters. The van der Waals surface area contributed by atoms with Gasteiger partial charge in [0, 0.05) is 20.0 Å². The van der Waals surface area contributed by atoms with E-state index in [1.807, 2.05) is 0 Å². The molecule has 1 aromatic rings. The maximum Gasteiger partial charge on any atom is 0.305 e. The molecule has 0 aliphatic heterocycles. The van der Waals surface area contributed by atoms with Gasteiger partial charge < -0.3 is 14.4 Å². The van der Waals surface area contributed by atoms with E-state index >= 15 is 0 Å². The zero-order valence-electron chi connectivity index (χ0n) is 10.4. The van der Waals surface area contributed by atoms with Crippen molar-refractivity contribution in [2.45, 2.75) is 33.2 Å². The van der Waals surface area contributed by atoms with Gasteiger partial charge in [-0.1, -0.05) is 0 Å². The summed E-state index contributed by atoms with van der Waals surface area (Å²) in [5.41, 5.74) is 0.516. The molecule has 6 heteroatoms. The lowest BCUT2D eigenvalue weighted by Gasteiger charge is -2.22. The van der Waals surface area contributed by atoms with Crippen molar-refractivity contribution in [3.8, 4) is 0 Å². The van der Waals surface area contributed by atoms with Crippen molar-refractivity contribution in [2.75, 3.05) is 7.05 Å². The third kappa shape index (κ3) is 3.05. The van der Waals surface area contributed by atoms with Crippen LogP contribution in [0.15, 0.2) is 4.42 Å². The van der Waals surface area contributed by atoms with E-state index < -0.39 is 12.0 Å². The van der Waals surface area contributed by atoms with Crippen LogP contribution in [0.5, 0.6) is 0 Å². The number of aliphatic carboxylic acids is 1. The summed E-state index contributed by atoms with van der Waals surface area (Å²) in [6.07, 6.45) is -0.103. The zero-order chi connectivity index (χ0) is 13.2. The van der Waals surface area contributed by atoms with Gasteiger partial charge in [0.15, 0.2) is 5.89 Å². The Bertz CT molecular complexity index is 439. The van der Waals surface area contributed by atoms with E-state index in [-0.39, 0.29) is 18.1 Å². The fraction of sp³-hybridized carbons (Fsp3) is 0.545. The topological polar surface area (TPSA) is 83.6 Å². The summed E-state index contributed by atoms with van der Waals surface area (Å²) in [6.45, 7) is 5.01. The molecule has 1 heterocycles. The van der Waals surface area contributed by atoms with Crippen LogP contribution in [0.3, 0.4) is 0 Å². The number of rotatable bonds is 4. The monoisotopic (exact) mass is 240 g/mol. The largest absolute Gasteiger partial charge is 0.481 e. The molecule has 0 aliphatic carbocycles. The van der Waals surface area contributed by atoms with Crippen molar-refractivity contribution < 1.29 is 19.1 Å². The number of carboxylic acids is 1. The molecule has 17 heavy (non-hydrogen) atoms. The first-order valence-corrected chi connectivity index (χ1v) is 5.26. The molecule has 1 aromatic heterocycles. The molecular weight excluding hydrogens is 224 g/mol. The summed E-state index contributed by atoms with van der Waals surface area (Å²) in [5.74, 6) is -0.702. The van der Waals surface area contributed by atoms with Crippen molar-refractivity contribution in [2.24, 2.45) is 0 Å². The summed E-state index contributed by atoms with van der Waals surface area (Å²) < 4.78 is 5.20. The highest BCUT2D eigenvalue weighted by Crippen LogP contribution is 2.14. The van der Waals surface area contributed by atoms with Crippen molar-refractivity contribution >= 4 is 11.9 Å². The zero-order valence-corrected chi connectivity index (χ0v) is 10.4. The molecule has 0 radical (unpaired) electrons. The van der Waals surface area contributed by atoms with Gasteiger partial charge in [0.05, 0.1) is 12.1 Å². The number of hydrogen-bond acceptors (Lipinski definition) is 4. The van der Waals surface area contributed by atoms with Crippen molar-refractivity contribution in [1.29, 1.82) is 0 Å². The first-order valence-electron chi connectivity index (χ1n) is 5.26. The van der Waals surface area contributed by atoms with Crippen molar-refractivity contribution in [1.82, 2.24) is 9.88 Å². The molecule has 1 N–H and O–H groups in total. The molecule has 0 aliphatic rings. The number of carboxylic acid groups (broad SMARTS) is 1. The predicted octanol–water partition coefficient (Wildman–Crippen LogP) is 1.23. The molecule has 0 bridgehead atoms. The molecule has 1 atom stereocenters. The van der Waals surface area contributed by atoms with Crippen molar-refractivity contribution in [3.63, 3.8) is 0 Å². The van der Waals surface area contributed by atoms with Crippen LogP contribution in [0.2, 0.25) is 0 Å². The number of carbonyl (C=O) groups is 2. The number of hydrogen-bond donors (Lipinski definition) is 1. The molecule has 1 rings (SSSR count). The normalized spacial score (nSPS) is 12.2. The van der Waals surface area contributed by atoms with E-state index in [1.165, 1.54) is 4.90 Å². The first-order chi connectivity index (χ1) is 7.82. The second-order valence-corrected chi connectivity index (χ2v) is 4.01. The van der Waals surface area contributed by atoms with Crippen LogP contribution >= 0.6 is 0 Å². The van der Waals surface area contributed by atoms with E-state index in [0.717, 1.165) is 0 Å². The Morgan fingerprint density at radius 1 is 1.47 bits per heavy atom. The van der Waals surface area contributed by atoms with Crippen LogP contribution in [0.4, 0.5) is 0 Å². The van der Waals surface area contributed by atoms with Gasteiger partial charge in [-0.3, -0.25) is 9.59 Å². The fourth-order valence-electron chi connectivity index (χ4n) is 1.48. The van der Waals surface area contributed by atoms with E-state index in [0.29, 0.717) is 11.6 Å². The minimum atomic E-state index is -0.942. The Kier molecular flexibility index (Phi) is 3.88. The second kappa shape index (κ2) is 4.99. The Morgan fingerprint density at radius 3 is 2.47 bits per heavy atom. The van der Waals surface area contributed by atoms with Gasteiger partial charge in [0.2, 0.25) is 5.76 Å². The average molecular weight is 240 g/mol. The van der Waals surface area contributed by atoms with Crippen molar-refractivity contribution in [3.05, 3.63) is 17.3 Å². The van der Waals surface area contributed by atoms with Crippen LogP contribution in [0, 0.1) is 13.8 Å². The Labute approximate surface area is 99.2 Å². The predicted molar refractivity (Wildman–Crippen MR) is 59.8 cm³/mol. The summed E-state index contributed by atoms with van der Waals surface area (Å²) in [7, 11) is 1.55. The molecule has 1 amide bonds. The van der Waals surface area contributed by atoms with Crippen LogP contribution in [-0.4, -0.2) is 40.0 Å². The lowest BCUT2D eigenvalue weighted by atomic mass is 10.2. The Balaban J connectivity index is 2.83. The molecule has 94 valence electrons. The molecule has 0 fully saturated rings. The van der Waals surface area contributed by atoms with Crippen LogP contribution in [0.1, 0.15) is 35.5 Å². The number of nitrogens with zero attached hydrogens (tertiary/aromatic N) is 2. The van der Waals surface area contributed by atoms with Gasteiger partial charge in [-0.05, 0) is 13.8 Å². The van der Waals surface area contributed by atoms with Crippen LogP contribution in [0.25, 0.3) is 0 Å². The third-order valence-corrected chi connectivity index (χ3v) is 2.55. The van der Waals surface area contributed by atoms with E-state index in [2.05, 4.69) is 4.98 Å². The summed E-state index contributed by atoms with van der Waals surface area (Å²) in [5, 5.41) is 8.67. The lowest BCUT2D eigenvalue weighted by molar-refractivity contribution is -0.137. The number of aromatic nitrogens is 1. The highest BCUT2D eigenvalue weighted by Gasteiger charge is 2.24.